The summed E-state index contributed by atoms with van der Waals surface area (Å²) < 4.78 is 15.9. The highest BCUT2D eigenvalue weighted by molar-refractivity contribution is 6.98. The minimum absolute atomic E-state index is 0.0693. The molecule has 1 aliphatic rings. The van der Waals surface area contributed by atoms with Crippen LogP contribution in [-0.2, 0) is 0 Å². The molecule has 43 heavy (non-hydrogen) atoms. The van der Waals surface area contributed by atoms with Gasteiger partial charge in [0.1, 0.15) is 22.3 Å². The number of nitrogens with zero attached hydrogens (tertiary/aromatic N) is 1. The van der Waals surface area contributed by atoms with Crippen molar-refractivity contribution < 1.29 is 8.83 Å². The maximum atomic E-state index is 6.74. The van der Waals surface area contributed by atoms with Crippen LogP contribution in [0.15, 0.2) is 112 Å². The van der Waals surface area contributed by atoms with E-state index in [0.717, 1.165) is 54.8 Å². The standard InChI is InChI=1S/C39H26BNO2/c1-21-18-22(2)37(23(3)19-21)40-27-12-6-7-13-29(27)41-30-17-16-25-24-10-4-8-14-31(24)43-39(25)35(30)36-34-26-11-5-9-15-32(26)42-33(34)20-28(40)38(36)41/h4-20H,1-3H3. The lowest BCUT2D eigenvalue weighted by Gasteiger charge is -2.29. The summed E-state index contributed by atoms with van der Waals surface area (Å²) >= 11 is 0. The number of rotatable bonds is 1. The van der Waals surface area contributed by atoms with Crippen LogP contribution in [0.4, 0.5) is 0 Å². The predicted molar refractivity (Wildman–Crippen MR) is 181 cm³/mol. The van der Waals surface area contributed by atoms with Gasteiger partial charge in [-0.2, -0.15) is 0 Å². The Hall–Kier alpha value is -5.22. The monoisotopic (exact) mass is 551 g/mol. The molecular formula is C39H26BNO2. The second kappa shape index (κ2) is 7.99. The average molecular weight is 551 g/mol. The van der Waals surface area contributed by atoms with Crippen molar-refractivity contribution in [2.24, 2.45) is 0 Å². The number of hydrogen-bond acceptors (Lipinski definition) is 2. The number of fused-ring (bicyclic) bond motifs is 13. The van der Waals surface area contributed by atoms with E-state index < -0.39 is 0 Å². The number of para-hydroxylation sites is 3. The van der Waals surface area contributed by atoms with Crippen LogP contribution in [0.5, 0.6) is 0 Å². The Labute approximate surface area is 248 Å². The number of furan rings is 2. The number of aryl methyl sites for hydroxylation is 3. The van der Waals surface area contributed by atoms with Crippen LogP contribution < -0.4 is 16.4 Å². The minimum atomic E-state index is 0.0693. The van der Waals surface area contributed by atoms with Gasteiger partial charge in [-0.3, -0.25) is 0 Å². The van der Waals surface area contributed by atoms with Gasteiger partial charge in [-0.1, -0.05) is 88.9 Å². The number of benzene rings is 6. The van der Waals surface area contributed by atoms with Crippen molar-refractivity contribution in [3.8, 4) is 5.69 Å². The van der Waals surface area contributed by atoms with Crippen LogP contribution in [0.3, 0.4) is 0 Å². The normalized spacial score (nSPS) is 13.0. The van der Waals surface area contributed by atoms with Gasteiger partial charge >= 0.3 is 0 Å². The first kappa shape index (κ1) is 23.4. The van der Waals surface area contributed by atoms with Gasteiger partial charge in [-0.05, 0) is 68.1 Å². The van der Waals surface area contributed by atoms with E-state index in [-0.39, 0.29) is 6.71 Å². The fourth-order valence-corrected chi connectivity index (χ4v) is 8.24. The molecule has 4 heterocycles. The first-order chi connectivity index (χ1) is 21.1. The quantitative estimate of drug-likeness (QED) is 0.192. The van der Waals surface area contributed by atoms with Gasteiger partial charge < -0.3 is 13.4 Å². The second-order valence-corrected chi connectivity index (χ2v) is 12.2. The van der Waals surface area contributed by atoms with E-state index in [2.05, 4.69) is 122 Å². The Balaban J connectivity index is 1.51. The van der Waals surface area contributed by atoms with Gasteiger partial charge in [0.25, 0.3) is 0 Å². The maximum absolute atomic E-state index is 6.74. The number of hydrogen-bond donors (Lipinski definition) is 0. The molecule has 0 unspecified atom stereocenters. The Bertz CT molecular complexity index is 2640. The molecule has 0 fully saturated rings. The van der Waals surface area contributed by atoms with Crippen molar-refractivity contribution in [3.63, 3.8) is 0 Å². The van der Waals surface area contributed by atoms with Crippen molar-refractivity contribution >= 4 is 88.8 Å². The third kappa shape index (κ3) is 2.86. The van der Waals surface area contributed by atoms with Crippen LogP contribution in [-0.4, -0.2) is 11.3 Å². The predicted octanol–water partition coefficient (Wildman–Crippen LogP) is 8.34. The Morgan fingerprint density at radius 2 is 1.26 bits per heavy atom. The Kier molecular flexibility index (Phi) is 4.34. The van der Waals surface area contributed by atoms with E-state index in [1.165, 1.54) is 49.7 Å². The Morgan fingerprint density at radius 1 is 0.558 bits per heavy atom. The Morgan fingerprint density at radius 3 is 2.07 bits per heavy atom. The SMILES string of the molecule is Cc1cc(C)c(B2c3ccccc3-n3c4ccc5c6ccccc6oc5c4c4c5c(cc2c43)oc2ccccc25)c(C)c1. The minimum Gasteiger partial charge on any atom is -0.456 e. The molecule has 10 rings (SSSR count). The van der Waals surface area contributed by atoms with E-state index in [0.29, 0.717) is 0 Å². The zero-order chi connectivity index (χ0) is 28.6. The molecule has 0 radical (unpaired) electrons. The third-order valence-electron chi connectivity index (χ3n) is 9.74. The molecular weight excluding hydrogens is 525 g/mol. The lowest BCUT2D eigenvalue weighted by molar-refractivity contribution is 0.669. The van der Waals surface area contributed by atoms with Crippen molar-refractivity contribution in [2.75, 3.05) is 0 Å². The molecule has 0 saturated heterocycles. The number of aromatic nitrogens is 1. The van der Waals surface area contributed by atoms with Crippen molar-refractivity contribution in [3.05, 3.63) is 120 Å². The smallest absolute Gasteiger partial charge is 0.247 e. The molecule has 0 spiro atoms. The molecule has 9 aromatic rings. The zero-order valence-electron chi connectivity index (χ0n) is 24.2. The molecule has 0 bridgehead atoms. The molecule has 0 amide bonds. The lowest BCUT2D eigenvalue weighted by Crippen LogP contribution is -2.57. The molecule has 1 aliphatic heterocycles. The largest absolute Gasteiger partial charge is 0.456 e. The highest BCUT2D eigenvalue weighted by atomic mass is 16.3. The molecule has 0 aliphatic carbocycles. The summed E-state index contributed by atoms with van der Waals surface area (Å²) in [6.07, 6.45) is 0. The summed E-state index contributed by atoms with van der Waals surface area (Å²) in [4.78, 5) is 0. The topological polar surface area (TPSA) is 31.2 Å². The molecule has 202 valence electrons. The van der Waals surface area contributed by atoms with Crippen LogP contribution in [0.1, 0.15) is 16.7 Å². The highest BCUT2D eigenvalue weighted by Crippen LogP contribution is 2.45. The summed E-state index contributed by atoms with van der Waals surface area (Å²) in [7, 11) is 0. The lowest BCUT2D eigenvalue weighted by atomic mass is 9.34. The van der Waals surface area contributed by atoms with E-state index in [4.69, 9.17) is 8.83 Å². The summed E-state index contributed by atoms with van der Waals surface area (Å²) in [6, 6.07) is 37.2. The summed E-state index contributed by atoms with van der Waals surface area (Å²) in [6.45, 7) is 6.78. The average Bonchev–Trinajstić information content (AvgIpc) is 3.68. The molecule has 3 nitrogen and oxygen atoms in total. The molecule has 0 N–H and O–H groups in total. The third-order valence-corrected chi connectivity index (χ3v) is 9.74. The van der Waals surface area contributed by atoms with E-state index in [9.17, 15) is 0 Å². The van der Waals surface area contributed by atoms with Gasteiger partial charge in [0.15, 0.2) is 0 Å². The van der Waals surface area contributed by atoms with Crippen LogP contribution in [0, 0.1) is 20.8 Å². The van der Waals surface area contributed by atoms with E-state index >= 15 is 0 Å². The second-order valence-electron chi connectivity index (χ2n) is 12.2. The molecule has 0 saturated carbocycles. The van der Waals surface area contributed by atoms with Gasteiger partial charge in [0.2, 0.25) is 6.71 Å². The summed E-state index contributed by atoms with van der Waals surface area (Å²) in [5.41, 5.74) is 15.2. The summed E-state index contributed by atoms with van der Waals surface area (Å²) in [5.74, 6) is 0. The fraction of sp³-hybridized carbons (Fsp3) is 0.0769. The fourth-order valence-electron chi connectivity index (χ4n) is 8.24. The maximum Gasteiger partial charge on any atom is 0.247 e. The highest BCUT2D eigenvalue weighted by Gasteiger charge is 2.37. The van der Waals surface area contributed by atoms with Crippen molar-refractivity contribution in [1.29, 1.82) is 0 Å². The van der Waals surface area contributed by atoms with E-state index in [1.54, 1.807) is 0 Å². The van der Waals surface area contributed by atoms with Crippen LogP contribution in [0.25, 0.3) is 71.4 Å². The van der Waals surface area contributed by atoms with Crippen LogP contribution in [0.2, 0.25) is 0 Å². The van der Waals surface area contributed by atoms with Crippen molar-refractivity contribution in [1.82, 2.24) is 4.57 Å². The molecule has 0 atom stereocenters. The van der Waals surface area contributed by atoms with Crippen molar-refractivity contribution in [2.45, 2.75) is 20.8 Å². The van der Waals surface area contributed by atoms with Crippen LogP contribution >= 0.6 is 0 Å². The van der Waals surface area contributed by atoms with Gasteiger partial charge in [0.05, 0.1) is 16.4 Å². The molecule has 3 aromatic heterocycles. The van der Waals surface area contributed by atoms with Gasteiger partial charge in [-0.25, -0.2) is 0 Å². The first-order valence-electron chi connectivity index (χ1n) is 15.0. The van der Waals surface area contributed by atoms with E-state index in [1.807, 2.05) is 6.07 Å². The molecule has 4 heteroatoms. The van der Waals surface area contributed by atoms with Gasteiger partial charge in [-0.15, -0.1) is 0 Å². The van der Waals surface area contributed by atoms with Gasteiger partial charge in [0, 0.05) is 32.6 Å². The molecule has 6 aromatic carbocycles. The zero-order valence-corrected chi connectivity index (χ0v) is 24.2. The first-order valence-corrected chi connectivity index (χ1v) is 15.0. The summed E-state index contributed by atoms with van der Waals surface area (Å²) in [5, 5.41) is 6.93.